The molecule has 0 aromatic carbocycles. The number of carbonyl (C=O) groups is 1. The number of amides is 1. The zero-order chi connectivity index (χ0) is 33.3. The average Bonchev–Trinajstić information content (AvgIpc) is 3.00. The standard InChI is InChI=1S/C38H69NO5S/c1-3-5-7-9-11-13-15-17-19-20-22-24-26-28-30-32-34-38(41)39-36(35-45(42,43)44)37(40)33-31-29-27-25-23-21-18-16-14-12-10-8-6-4-2/h14,16,19-20,23,25,31,33,36-37,40H,3-13,15,17-18,21-22,24,26-30,32,34-35H2,1-2H3,(H,39,41)(H,42,43,44)/b16-14+,20-19-,25-23+,33-31+. The molecule has 0 rings (SSSR count). The second-order valence-electron chi connectivity index (χ2n) is 12.5. The van der Waals surface area contributed by atoms with Gasteiger partial charge in [0.05, 0.1) is 17.9 Å². The van der Waals surface area contributed by atoms with E-state index in [9.17, 15) is 22.9 Å². The monoisotopic (exact) mass is 651 g/mol. The summed E-state index contributed by atoms with van der Waals surface area (Å²) >= 11 is 0. The fourth-order valence-electron chi connectivity index (χ4n) is 5.18. The van der Waals surface area contributed by atoms with Crippen LogP contribution in [-0.4, -0.2) is 41.9 Å². The lowest BCUT2D eigenvalue weighted by Crippen LogP contribution is -2.46. The van der Waals surface area contributed by atoms with Crippen molar-refractivity contribution in [3.05, 3.63) is 48.6 Å². The van der Waals surface area contributed by atoms with Crippen molar-refractivity contribution in [1.82, 2.24) is 5.32 Å². The third kappa shape index (κ3) is 33.5. The van der Waals surface area contributed by atoms with Crippen LogP contribution in [0.2, 0.25) is 0 Å². The summed E-state index contributed by atoms with van der Waals surface area (Å²) in [5.41, 5.74) is 0. The number of allylic oxidation sites excluding steroid dienone is 7. The summed E-state index contributed by atoms with van der Waals surface area (Å²) in [4.78, 5) is 12.4. The molecule has 0 bridgehead atoms. The molecule has 7 heteroatoms. The Hall–Kier alpha value is -1.70. The SMILES string of the molecule is CCCCCC/C=C/CC/C=C/CC/C=C/C(O)C(CS(=O)(=O)O)NC(=O)CCCCCCC/C=C\CCCCCCCCC. The molecule has 0 saturated heterocycles. The highest BCUT2D eigenvalue weighted by Gasteiger charge is 2.24. The highest BCUT2D eigenvalue weighted by molar-refractivity contribution is 7.85. The van der Waals surface area contributed by atoms with E-state index in [4.69, 9.17) is 0 Å². The summed E-state index contributed by atoms with van der Waals surface area (Å²) in [5, 5.41) is 13.1. The molecule has 0 radical (unpaired) electrons. The minimum Gasteiger partial charge on any atom is -0.387 e. The number of unbranched alkanes of at least 4 members (excludes halogenated alkanes) is 18. The van der Waals surface area contributed by atoms with Crippen LogP contribution >= 0.6 is 0 Å². The van der Waals surface area contributed by atoms with Crippen molar-refractivity contribution in [1.29, 1.82) is 0 Å². The quantitative estimate of drug-likeness (QED) is 0.0381. The molecule has 2 atom stereocenters. The molecule has 0 heterocycles. The Labute approximate surface area is 278 Å². The van der Waals surface area contributed by atoms with Gasteiger partial charge in [-0.3, -0.25) is 9.35 Å². The second kappa shape index (κ2) is 32.2. The molecule has 0 aromatic heterocycles. The van der Waals surface area contributed by atoms with Gasteiger partial charge in [0.15, 0.2) is 0 Å². The number of nitrogens with one attached hydrogen (secondary N) is 1. The van der Waals surface area contributed by atoms with E-state index >= 15 is 0 Å². The van der Waals surface area contributed by atoms with Crippen molar-refractivity contribution in [2.45, 2.75) is 180 Å². The van der Waals surface area contributed by atoms with Crippen LogP contribution in [0, 0.1) is 0 Å². The Morgan fingerprint density at radius 2 is 0.956 bits per heavy atom. The highest BCUT2D eigenvalue weighted by Crippen LogP contribution is 2.11. The zero-order valence-corrected chi connectivity index (χ0v) is 29.8. The van der Waals surface area contributed by atoms with E-state index in [0.29, 0.717) is 12.8 Å². The first-order chi connectivity index (χ1) is 21.8. The van der Waals surface area contributed by atoms with Crippen LogP contribution in [0.3, 0.4) is 0 Å². The van der Waals surface area contributed by atoms with Crippen molar-refractivity contribution in [2.24, 2.45) is 0 Å². The fourth-order valence-corrected chi connectivity index (χ4v) is 5.91. The first-order valence-corrected chi connectivity index (χ1v) is 19.9. The third-order valence-electron chi connectivity index (χ3n) is 7.96. The molecule has 1 amide bonds. The summed E-state index contributed by atoms with van der Waals surface area (Å²) in [6, 6.07) is -1.08. The Morgan fingerprint density at radius 1 is 0.578 bits per heavy atom. The van der Waals surface area contributed by atoms with Crippen molar-refractivity contribution >= 4 is 16.0 Å². The molecule has 0 aliphatic rings. The predicted octanol–water partition coefficient (Wildman–Crippen LogP) is 10.3. The van der Waals surface area contributed by atoms with E-state index in [-0.39, 0.29) is 12.3 Å². The molecular weight excluding hydrogens is 582 g/mol. The van der Waals surface area contributed by atoms with Gasteiger partial charge in [0.25, 0.3) is 10.1 Å². The molecular formula is C38H69NO5S. The summed E-state index contributed by atoms with van der Waals surface area (Å²) < 4.78 is 32.3. The number of aliphatic hydroxyl groups excluding tert-OH is 1. The number of aliphatic hydroxyl groups is 1. The van der Waals surface area contributed by atoms with E-state index in [2.05, 4.69) is 55.6 Å². The van der Waals surface area contributed by atoms with Gasteiger partial charge >= 0.3 is 0 Å². The Kier molecular flexibility index (Phi) is 31.0. The van der Waals surface area contributed by atoms with Crippen LogP contribution in [0.4, 0.5) is 0 Å². The fraction of sp³-hybridized carbons (Fsp3) is 0.763. The van der Waals surface area contributed by atoms with Crippen LogP contribution in [-0.2, 0) is 14.9 Å². The van der Waals surface area contributed by atoms with Crippen LogP contribution < -0.4 is 5.32 Å². The van der Waals surface area contributed by atoms with Gasteiger partial charge in [-0.15, -0.1) is 0 Å². The van der Waals surface area contributed by atoms with Gasteiger partial charge in [0.1, 0.15) is 0 Å². The smallest absolute Gasteiger partial charge is 0.267 e. The molecule has 0 spiro atoms. The van der Waals surface area contributed by atoms with Crippen LogP contribution in [0.1, 0.15) is 168 Å². The summed E-state index contributed by atoms with van der Waals surface area (Å²) in [6.07, 6.45) is 42.3. The summed E-state index contributed by atoms with van der Waals surface area (Å²) in [6.45, 7) is 4.48. The van der Waals surface area contributed by atoms with Crippen LogP contribution in [0.15, 0.2) is 48.6 Å². The molecule has 2 unspecified atom stereocenters. The Balaban J connectivity index is 4.08. The summed E-state index contributed by atoms with van der Waals surface area (Å²) in [5.74, 6) is -1.02. The third-order valence-corrected chi connectivity index (χ3v) is 8.74. The predicted molar refractivity (Wildman–Crippen MR) is 193 cm³/mol. The lowest BCUT2D eigenvalue weighted by molar-refractivity contribution is -0.122. The molecule has 0 aromatic rings. The molecule has 0 aliphatic carbocycles. The molecule has 0 fully saturated rings. The van der Waals surface area contributed by atoms with E-state index in [0.717, 1.165) is 57.8 Å². The molecule has 0 saturated carbocycles. The van der Waals surface area contributed by atoms with Crippen LogP contribution in [0.25, 0.3) is 0 Å². The maximum Gasteiger partial charge on any atom is 0.267 e. The minimum atomic E-state index is -4.36. The van der Waals surface area contributed by atoms with Crippen molar-refractivity contribution in [3.63, 3.8) is 0 Å². The Bertz CT molecular complexity index is 894. The van der Waals surface area contributed by atoms with E-state index < -0.39 is 28.0 Å². The zero-order valence-electron chi connectivity index (χ0n) is 29.0. The average molecular weight is 652 g/mol. The number of carbonyl (C=O) groups excluding carboxylic acids is 1. The van der Waals surface area contributed by atoms with Gasteiger partial charge in [-0.2, -0.15) is 8.42 Å². The van der Waals surface area contributed by atoms with Gasteiger partial charge < -0.3 is 10.4 Å². The first-order valence-electron chi connectivity index (χ1n) is 18.3. The first kappa shape index (κ1) is 43.3. The van der Waals surface area contributed by atoms with Gasteiger partial charge in [0.2, 0.25) is 5.91 Å². The van der Waals surface area contributed by atoms with Gasteiger partial charge in [-0.05, 0) is 70.6 Å². The number of hydrogen-bond acceptors (Lipinski definition) is 4. The lowest BCUT2D eigenvalue weighted by atomic mass is 10.1. The highest BCUT2D eigenvalue weighted by atomic mass is 32.2. The molecule has 262 valence electrons. The van der Waals surface area contributed by atoms with E-state index in [1.807, 2.05) is 0 Å². The normalized spacial score (nSPS) is 14.0. The van der Waals surface area contributed by atoms with Crippen molar-refractivity contribution in [2.75, 3.05) is 5.75 Å². The lowest BCUT2D eigenvalue weighted by Gasteiger charge is -2.21. The van der Waals surface area contributed by atoms with Crippen LogP contribution in [0.5, 0.6) is 0 Å². The Morgan fingerprint density at radius 3 is 1.42 bits per heavy atom. The molecule has 3 N–H and O–H groups in total. The van der Waals surface area contributed by atoms with E-state index in [1.165, 1.54) is 83.1 Å². The van der Waals surface area contributed by atoms with Gasteiger partial charge in [-0.1, -0.05) is 140 Å². The maximum atomic E-state index is 12.4. The van der Waals surface area contributed by atoms with Gasteiger partial charge in [0, 0.05) is 6.42 Å². The second-order valence-corrected chi connectivity index (χ2v) is 14.0. The number of hydrogen-bond donors (Lipinski definition) is 3. The number of rotatable bonds is 32. The van der Waals surface area contributed by atoms with Crippen molar-refractivity contribution < 1.29 is 22.9 Å². The summed E-state index contributed by atoms with van der Waals surface area (Å²) in [7, 11) is -4.36. The van der Waals surface area contributed by atoms with Gasteiger partial charge in [-0.25, -0.2) is 0 Å². The molecule has 6 nitrogen and oxygen atoms in total. The van der Waals surface area contributed by atoms with Crippen molar-refractivity contribution in [3.8, 4) is 0 Å². The van der Waals surface area contributed by atoms with E-state index in [1.54, 1.807) is 6.08 Å². The molecule has 0 aliphatic heterocycles. The largest absolute Gasteiger partial charge is 0.387 e. The maximum absolute atomic E-state index is 12.4. The topological polar surface area (TPSA) is 104 Å². The minimum absolute atomic E-state index is 0.273. The molecule has 45 heavy (non-hydrogen) atoms.